The Kier molecular flexibility index (Phi) is 2.20. The van der Waals surface area contributed by atoms with Crippen LogP contribution in [0.4, 0.5) is 0 Å². The van der Waals surface area contributed by atoms with Gasteiger partial charge in [0.2, 0.25) is 5.78 Å². The third kappa shape index (κ3) is 1.21. The van der Waals surface area contributed by atoms with E-state index in [0.717, 1.165) is 0 Å². The topological polar surface area (TPSA) is 113 Å². The smallest absolute Gasteiger partial charge is 0.305 e. The molecule has 0 aromatic rings. The minimum Gasteiger partial charge on any atom is -0.479 e. The molecule has 0 amide bonds. The number of nitrogens with two attached hydrogens (primary N) is 1. The number of ketones is 1. The Bertz CT molecular complexity index is 236. The Morgan fingerprint density at radius 2 is 2.25 bits per heavy atom. The van der Waals surface area contributed by atoms with Gasteiger partial charge in [0, 0.05) is 0 Å². The first-order valence-corrected chi connectivity index (χ1v) is 3.26. The average molecular weight is 175 g/mol. The van der Waals surface area contributed by atoms with E-state index < -0.39 is 36.2 Å². The summed E-state index contributed by atoms with van der Waals surface area (Å²) in [6.07, 6.45) is -2.64. The van der Waals surface area contributed by atoms with E-state index in [-0.39, 0.29) is 0 Å². The summed E-state index contributed by atoms with van der Waals surface area (Å²) in [6.45, 7) is -0.628. The zero-order valence-corrected chi connectivity index (χ0v) is 6.10. The van der Waals surface area contributed by atoms with E-state index in [0.29, 0.717) is 0 Å². The third-order valence-corrected chi connectivity index (χ3v) is 1.53. The summed E-state index contributed by atoms with van der Waals surface area (Å²) < 4.78 is 4.49. The fourth-order valence-corrected chi connectivity index (χ4v) is 0.845. The molecule has 0 fully saturated rings. The molecule has 0 bridgehead atoms. The molecule has 5 N–H and O–H groups in total. The van der Waals surface area contributed by atoms with Gasteiger partial charge in [-0.15, -0.1) is 0 Å². The maximum Gasteiger partial charge on any atom is 0.305 e. The number of carbonyl (C=O) groups excluding carboxylic acids is 1. The fourth-order valence-electron chi connectivity index (χ4n) is 0.845. The SMILES string of the molecule is NC1=C(O)OC(C(O)CO)C1=O. The van der Waals surface area contributed by atoms with Crippen LogP contribution in [0.1, 0.15) is 0 Å². The van der Waals surface area contributed by atoms with Crippen molar-refractivity contribution in [2.24, 2.45) is 5.73 Å². The number of aliphatic hydroxyl groups excluding tert-OH is 3. The van der Waals surface area contributed by atoms with Gasteiger partial charge in [-0.3, -0.25) is 4.79 Å². The molecule has 0 spiro atoms. The van der Waals surface area contributed by atoms with Crippen molar-refractivity contribution in [3.63, 3.8) is 0 Å². The van der Waals surface area contributed by atoms with Crippen molar-refractivity contribution in [1.82, 2.24) is 0 Å². The molecule has 1 aliphatic rings. The van der Waals surface area contributed by atoms with Crippen LogP contribution >= 0.6 is 0 Å². The molecule has 1 heterocycles. The van der Waals surface area contributed by atoms with E-state index in [1.54, 1.807) is 0 Å². The first-order chi connectivity index (χ1) is 5.57. The molecular formula is C6H9NO5. The van der Waals surface area contributed by atoms with Crippen molar-refractivity contribution in [3.05, 3.63) is 11.6 Å². The highest BCUT2D eigenvalue weighted by Crippen LogP contribution is 2.18. The highest BCUT2D eigenvalue weighted by atomic mass is 16.6. The van der Waals surface area contributed by atoms with Crippen molar-refractivity contribution >= 4 is 5.78 Å². The molecule has 0 aliphatic carbocycles. The van der Waals surface area contributed by atoms with Crippen LogP contribution in [0.15, 0.2) is 11.6 Å². The molecular weight excluding hydrogens is 166 g/mol. The van der Waals surface area contributed by atoms with Crippen LogP contribution in [0.2, 0.25) is 0 Å². The van der Waals surface area contributed by atoms with Crippen molar-refractivity contribution in [3.8, 4) is 0 Å². The number of hydrogen-bond acceptors (Lipinski definition) is 6. The predicted molar refractivity (Wildman–Crippen MR) is 36.8 cm³/mol. The van der Waals surface area contributed by atoms with Gasteiger partial charge in [-0.1, -0.05) is 0 Å². The maximum absolute atomic E-state index is 11.0. The predicted octanol–water partition coefficient (Wildman–Crippen LogP) is -2.01. The van der Waals surface area contributed by atoms with Gasteiger partial charge in [0.15, 0.2) is 11.8 Å². The van der Waals surface area contributed by atoms with Gasteiger partial charge >= 0.3 is 5.95 Å². The Morgan fingerprint density at radius 1 is 1.67 bits per heavy atom. The second-order valence-electron chi connectivity index (χ2n) is 2.37. The largest absolute Gasteiger partial charge is 0.479 e. The molecule has 0 radical (unpaired) electrons. The summed E-state index contributed by atoms with van der Waals surface area (Å²) in [5, 5.41) is 26.2. The van der Waals surface area contributed by atoms with Gasteiger partial charge in [0.05, 0.1) is 6.61 Å². The molecule has 6 heteroatoms. The minimum atomic E-state index is -1.36. The molecule has 0 aromatic carbocycles. The van der Waals surface area contributed by atoms with Crippen LogP contribution in [-0.2, 0) is 9.53 Å². The Morgan fingerprint density at radius 3 is 2.58 bits per heavy atom. The second kappa shape index (κ2) is 3.00. The lowest BCUT2D eigenvalue weighted by Gasteiger charge is -2.13. The standard InChI is InChI=1S/C6H9NO5/c7-3-4(10)5(2(9)1-8)12-6(3)11/h2,5,8-9,11H,1,7H2. The number of aliphatic hydroxyl groups is 3. The van der Waals surface area contributed by atoms with Crippen LogP contribution in [-0.4, -0.2) is 39.9 Å². The maximum atomic E-state index is 11.0. The van der Waals surface area contributed by atoms with Crippen molar-refractivity contribution < 1.29 is 24.9 Å². The normalized spacial score (nSPS) is 25.8. The molecule has 0 aromatic heterocycles. The number of carbonyl (C=O) groups is 1. The monoisotopic (exact) mass is 175 g/mol. The number of Topliss-reactive ketones (excluding diaryl/α,β-unsaturated/α-hetero) is 1. The number of hydrogen-bond donors (Lipinski definition) is 4. The molecule has 68 valence electrons. The van der Waals surface area contributed by atoms with Crippen LogP contribution < -0.4 is 5.73 Å². The quantitative estimate of drug-likeness (QED) is 0.386. The molecule has 1 rings (SSSR count). The second-order valence-corrected chi connectivity index (χ2v) is 2.37. The van der Waals surface area contributed by atoms with Crippen molar-refractivity contribution in [1.29, 1.82) is 0 Å². The highest BCUT2D eigenvalue weighted by Gasteiger charge is 2.38. The zero-order chi connectivity index (χ0) is 9.30. The zero-order valence-electron chi connectivity index (χ0n) is 6.10. The fraction of sp³-hybridized carbons (Fsp3) is 0.500. The average Bonchev–Trinajstić information content (AvgIpc) is 2.32. The minimum absolute atomic E-state index is 0.424. The number of rotatable bonds is 2. The molecule has 0 saturated carbocycles. The van der Waals surface area contributed by atoms with Crippen LogP contribution in [0, 0.1) is 0 Å². The van der Waals surface area contributed by atoms with Crippen LogP contribution in [0.5, 0.6) is 0 Å². The van der Waals surface area contributed by atoms with E-state index in [4.69, 9.17) is 21.1 Å². The van der Waals surface area contributed by atoms with Gasteiger partial charge in [-0.25, -0.2) is 0 Å². The number of ether oxygens (including phenoxy) is 1. The first kappa shape index (κ1) is 8.82. The van der Waals surface area contributed by atoms with E-state index in [1.807, 2.05) is 0 Å². The summed E-state index contributed by atoms with van der Waals surface area (Å²) in [5.74, 6) is -1.41. The van der Waals surface area contributed by atoms with Gasteiger partial charge in [-0.2, -0.15) is 0 Å². The Balaban J connectivity index is 2.73. The van der Waals surface area contributed by atoms with E-state index in [2.05, 4.69) is 4.74 Å². The van der Waals surface area contributed by atoms with E-state index in [9.17, 15) is 4.79 Å². The molecule has 12 heavy (non-hydrogen) atoms. The van der Waals surface area contributed by atoms with Crippen LogP contribution in [0.3, 0.4) is 0 Å². The molecule has 1 aliphatic heterocycles. The summed E-state index contributed by atoms with van der Waals surface area (Å²) in [5.41, 5.74) is 4.64. The first-order valence-electron chi connectivity index (χ1n) is 3.26. The van der Waals surface area contributed by atoms with E-state index >= 15 is 0 Å². The van der Waals surface area contributed by atoms with Crippen molar-refractivity contribution in [2.45, 2.75) is 12.2 Å². The Labute approximate surface area is 67.9 Å². The Hall–Kier alpha value is -1.27. The molecule has 2 atom stereocenters. The van der Waals surface area contributed by atoms with Gasteiger partial charge < -0.3 is 25.8 Å². The van der Waals surface area contributed by atoms with Crippen molar-refractivity contribution in [2.75, 3.05) is 6.61 Å². The molecule has 0 saturated heterocycles. The lowest BCUT2D eigenvalue weighted by atomic mass is 10.1. The summed E-state index contributed by atoms with van der Waals surface area (Å²) in [4.78, 5) is 11.0. The lowest BCUT2D eigenvalue weighted by Crippen LogP contribution is -2.36. The summed E-state index contributed by atoms with van der Waals surface area (Å²) >= 11 is 0. The van der Waals surface area contributed by atoms with E-state index in [1.165, 1.54) is 0 Å². The lowest BCUT2D eigenvalue weighted by molar-refractivity contribution is -0.130. The molecule has 2 unspecified atom stereocenters. The third-order valence-electron chi connectivity index (χ3n) is 1.53. The van der Waals surface area contributed by atoms with Gasteiger partial charge in [0.1, 0.15) is 6.10 Å². The molecule has 6 nitrogen and oxygen atoms in total. The highest BCUT2D eigenvalue weighted by molar-refractivity contribution is 6.00. The summed E-state index contributed by atoms with van der Waals surface area (Å²) in [6, 6.07) is 0. The summed E-state index contributed by atoms with van der Waals surface area (Å²) in [7, 11) is 0. The van der Waals surface area contributed by atoms with Gasteiger partial charge in [-0.05, 0) is 0 Å². The van der Waals surface area contributed by atoms with Gasteiger partial charge in [0.25, 0.3) is 0 Å². The van der Waals surface area contributed by atoms with Crippen LogP contribution in [0.25, 0.3) is 0 Å².